The fourth-order valence-corrected chi connectivity index (χ4v) is 0.706. The van der Waals surface area contributed by atoms with E-state index in [2.05, 4.69) is 26.5 Å². The molecule has 4 heteroatoms. The third-order valence-electron chi connectivity index (χ3n) is 0.717. The van der Waals surface area contributed by atoms with Crippen LogP contribution in [0.2, 0.25) is 0 Å². The molecule has 0 aromatic heterocycles. The summed E-state index contributed by atoms with van der Waals surface area (Å²) in [6.45, 7) is 0. The first-order valence-corrected chi connectivity index (χ1v) is 2.81. The minimum atomic E-state index is 0.532. The maximum atomic E-state index is 4.76. The quantitative estimate of drug-likeness (QED) is 0.537. The van der Waals surface area contributed by atoms with E-state index in [1.54, 1.807) is 13.3 Å². The van der Waals surface area contributed by atoms with E-state index in [0.29, 0.717) is 5.90 Å². The fourth-order valence-electron chi connectivity index (χ4n) is 0.373. The highest BCUT2D eigenvalue weighted by Gasteiger charge is 2.08. The molecule has 0 saturated carbocycles. The van der Waals surface area contributed by atoms with Crippen molar-refractivity contribution in [2.45, 2.75) is 0 Å². The fraction of sp³-hybridized carbons (Fsp3) is 0.250. The highest BCUT2D eigenvalue weighted by atomic mass is 79.9. The zero-order valence-electron chi connectivity index (χ0n) is 4.26. The Morgan fingerprint density at radius 1 is 1.75 bits per heavy atom. The maximum absolute atomic E-state index is 4.76. The molecule has 0 amide bonds. The van der Waals surface area contributed by atoms with E-state index in [1.165, 1.54) is 0 Å². The minimum Gasteiger partial charge on any atom is -0.479 e. The lowest BCUT2D eigenvalue weighted by molar-refractivity contribution is 0.405. The summed E-state index contributed by atoms with van der Waals surface area (Å²) in [5.41, 5.74) is 3.57. The molecule has 1 radical (unpaired) electrons. The highest BCUT2D eigenvalue weighted by molar-refractivity contribution is 9.12. The van der Waals surface area contributed by atoms with Crippen molar-refractivity contribution >= 4 is 21.8 Å². The van der Waals surface area contributed by atoms with Gasteiger partial charge in [0.05, 0.1) is 13.3 Å². The number of methoxy groups -OCH3 is 1. The van der Waals surface area contributed by atoms with E-state index in [-0.39, 0.29) is 0 Å². The largest absolute Gasteiger partial charge is 0.479 e. The van der Waals surface area contributed by atoms with E-state index in [9.17, 15) is 0 Å². The monoisotopic (exact) mass is 175 g/mol. The third-order valence-corrected chi connectivity index (χ3v) is 1.26. The lowest BCUT2D eigenvalue weighted by atomic mass is 10.6. The first-order chi connectivity index (χ1) is 3.84. The van der Waals surface area contributed by atoms with Crippen molar-refractivity contribution in [2.24, 2.45) is 5.10 Å². The lowest BCUT2D eigenvalue weighted by Gasteiger charge is -1.92. The summed E-state index contributed by atoms with van der Waals surface area (Å²) in [4.78, 5) is 0. The van der Waals surface area contributed by atoms with Crippen LogP contribution in [0.25, 0.3) is 0 Å². The molecule has 1 aliphatic heterocycles. The van der Waals surface area contributed by atoms with Gasteiger partial charge in [0.25, 0.3) is 0 Å². The Balaban J connectivity index is 2.66. The van der Waals surface area contributed by atoms with E-state index < -0.39 is 0 Å². The molecule has 0 unspecified atom stereocenters. The summed E-state index contributed by atoms with van der Waals surface area (Å²) in [6.07, 6.45) is 1.58. The normalized spacial score (nSPS) is 16.8. The molecule has 1 heterocycles. The highest BCUT2D eigenvalue weighted by Crippen LogP contribution is 2.11. The summed E-state index contributed by atoms with van der Waals surface area (Å²) in [6, 6.07) is 0. The van der Waals surface area contributed by atoms with Gasteiger partial charge in [-0.05, 0) is 15.9 Å². The average Bonchev–Trinajstić information content (AvgIpc) is 2.14. The van der Waals surface area contributed by atoms with Crippen LogP contribution in [-0.2, 0) is 4.74 Å². The smallest absolute Gasteiger partial charge is 0.249 e. The molecule has 43 valence electrons. The van der Waals surface area contributed by atoms with Gasteiger partial charge < -0.3 is 4.74 Å². The Kier molecular flexibility index (Phi) is 1.53. The van der Waals surface area contributed by atoms with Crippen molar-refractivity contribution in [3.8, 4) is 0 Å². The predicted molar refractivity (Wildman–Crippen MR) is 33.6 cm³/mol. The van der Waals surface area contributed by atoms with E-state index >= 15 is 0 Å². The van der Waals surface area contributed by atoms with Crippen LogP contribution in [0.1, 0.15) is 0 Å². The molecule has 0 aliphatic carbocycles. The van der Waals surface area contributed by atoms with Crippen molar-refractivity contribution in [1.29, 1.82) is 0 Å². The van der Waals surface area contributed by atoms with Gasteiger partial charge in [-0.3, -0.25) is 0 Å². The standard InChI is InChI=1S/C4H4BrN2O/c1-8-4-3(5)2-6-7-4/h2H,1H3. The second-order valence-corrected chi connectivity index (χ2v) is 2.06. The van der Waals surface area contributed by atoms with E-state index in [4.69, 9.17) is 4.74 Å². The SMILES string of the molecule is COC1=N[N]C=C1Br. The van der Waals surface area contributed by atoms with Gasteiger partial charge in [0.1, 0.15) is 4.48 Å². The number of hydrogen-bond acceptors (Lipinski definition) is 2. The molecule has 0 saturated heterocycles. The molecule has 1 rings (SSSR count). The number of ether oxygens (including phenoxy) is 1. The number of hydrogen-bond donors (Lipinski definition) is 0. The van der Waals surface area contributed by atoms with Crippen LogP contribution in [0.5, 0.6) is 0 Å². The van der Waals surface area contributed by atoms with Crippen LogP contribution in [0.4, 0.5) is 0 Å². The van der Waals surface area contributed by atoms with Gasteiger partial charge in [-0.1, -0.05) is 0 Å². The topological polar surface area (TPSA) is 35.7 Å². The van der Waals surface area contributed by atoms with Crippen LogP contribution in [0, 0.1) is 0 Å². The Morgan fingerprint density at radius 2 is 2.50 bits per heavy atom. The summed E-state index contributed by atoms with van der Waals surface area (Å²) >= 11 is 3.18. The summed E-state index contributed by atoms with van der Waals surface area (Å²) in [5.74, 6) is 0.532. The zero-order chi connectivity index (χ0) is 5.98. The molecule has 0 atom stereocenters. The predicted octanol–water partition coefficient (Wildman–Crippen LogP) is 0.801. The Labute approximate surface area is 55.5 Å². The van der Waals surface area contributed by atoms with Crippen molar-refractivity contribution in [3.63, 3.8) is 0 Å². The summed E-state index contributed by atoms with van der Waals surface area (Å²) in [5, 5.41) is 3.62. The molecule has 8 heavy (non-hydrogen) atoms. The van der Waals surface area contributed by atoms with Gasteiger partial charge in [0, 0.05) is 0 Å². The Hall–Kier alpha value is -0.510. The minimum absolute atomic E-state index is 0.532. The van der Waals surface area contributed by atoms with E-state index in [0.717, 1.165) is 4.48 Å². The Bertz CT molecular complexity index is 152. The number of rotatable bonds is 0. The first-order valence-electron chi connectivity index (χ1n) is 2.02. The average molecular weight is 176 g/mol. The second-order valence-electron chi connectivity index (χ2n) is 1.20. The molecular weight excluding hydrogens is 172 g/mol. The molecule has 0 aromatic carbocycles. The van der Waals surface area contributed by atoms with Gasteiger partial charge in [0.2, 0.25) is 5.90 Å². The van der Waals surface area contributed by atoms with Gasteiger partial charge in [-0.15, -0.1) is 5.10 Å². The number of halogens is 1. The zero-order valence-corrected chi connectivity index (χ0v) is 5.84. The van der Waals surface area contributed by atoms with Gasteiger partial charge in [-0.2, -0.15) is 5.43 Å². The molecule has 1 aliphatic rings. The van der Waals surface area contributed by atoms with Gasteiger partial charge >= 0.3 is 0 Å². The molecular formula is C4H4BrN2O. The summed E-state index contributed by atoms with van der Waals surface area (Å²) in [7, 11) is 1.55. The van der Waals surface area contributed by atoms with Crippen molar-refractivity contribution < 1.29 is 4.74 Å². The van der Waals surface area contributed by atoms with Crippen LogP contribution >= 0.6 is 15.9 Å². The van der Waals surface area contributed by atoms with Crippen molar-refractivity contribution in [2.75, 3.05) is 7.11 Å². The van der Waals surface area contributed by atoms with Crippen molar-refractivity contribution in [3.05, 3.63) is 10.7 Å². The van der Waals surface area contributed by atoms with E-state index in [1.807, 2.05) is 0 Å². The van der Waals surface area contributed by atoms with Crippen LogP contribution in [-0.4, -0.2) is 13.0 Å². The van der Waals surface area contributed by atoms with Crippen molar-refractivity contribution in [1.82, 2.24) is 5.43 Å². The first kappa shape index (κ1) is 5.62. The molecule has 0 bridgehead atoms. The lowest BCUT2D eigenvalue weighted by Crippen LogP contribution is -1.96. The van der Waals surface area contributed by atoms with Crippen LogP contribution < -0.4 is 5.43 Å². The number of nitrogens with zero attached hydrogens (tertiary/aromatic N) is 2. The Morgan fingerprint density at radius 3 is 2.75 bits per heavy atom. The van der Waals surface area contributed by atoms with Crippen LogP contribution in [0.3, 0.4) is 0 Å². The molecule has 0 fully saturated rings. The maximum Gasteiger partial charge on any atom is 0.249 e. The van der Waals surface area contributed by atoms with Crippen LogP contribution in [0.15, 0.2) is 15.8 Å². The van der Waals surface area contributed by atoms with Gasteiger partial charge in [0.15, 0.2) is 0 Å². The molecule has 0 N–H and O–H groups in total. The summed E-state index contributed by atoms with van der Waals surface area (Å²) < 4.78 is 5.56. The molecule has 0 spiro atoms. The van der Waals surface area contributed by atoms with Gasteiger partial charge in [-0.25, -0.2) is 0 Å². The molecule has 0 aromatic rings. The third kappa shape index (κ3) is 0.838. The molecule has 3 nitrogen and oxygen atoms in total. The second kappa shape index (κ2) is 2.17.